The molecule has 1 saturated carbocycles. The number of anilines is 1. The summed E-state index contributed by atoms with van der Waals surface area (Å²) in [4.78, 5) is 29.0. The van der Waals surface area contributed by atoms with Crippen molar-refractivity contribution in [2.24, 2.45) is 0 Å². The summed E-state index contributed by atoms with van der Waals surface area (Å²) in [6.07, 6.45) is 9.74. The van der Waals surface area contributed by atoms with E-state index >= 15 is 0 Å². The minimum Gasteiger partial charge on any atom is -0.364 e. The van der Waals surface area contributed by atoms with Gasteiger partial charge < -0.3 is 15.0 Å². The second-order valence-electron chi connectivity index (χ2n) is 10.7. The molecular formula is C26H38N4O3S. The molecule has 1 fully saturated rings. The Hall–Kier alpha value is -2.32. The second-order valence-corrected chi connectivity index (χ2v) is 15.2. The third-order valence-electron chi connectivity index (χ3n) is 7.53. The van der Waals surface area contributed by atoms with Gasteiger partial charge in [0.2, 0.25) is 5.91 Å². The average Bonchev–Trinajstić information content (AvgIpc) is 3.25. The van der Waals surface area contributed by atoms with Crippen molar-refractivity contribution in [3.8, 4) is 0 Å². The van der Waals surface area contributed by atoms with Gasteiger partial charge in [-0.05, 0) is 63.9 Å². The third-order valence-corrected chi connectivity index (χ3v) is 10.5. The molecule has 8 heteroatoms. The number of aromatic nitrogens is 2. The van der Waals surface area contributed by atoms with Crippen LogP contribution in [0.4, 0.5) is 5.82 Å². The molecule has 0 bridgehead atoms. The molecule has 1 aromatic heterocycles. The number of benzene rings is 1. The van der Waals surface area contributed by atoms with Crippen LogP contribution >= 0.6 is 10.0 Å². The molecular weight excluding hydrogens is 448 g/mol. The summed E-state index contributed by atoms with van der Waals surface area (Å²) in [5, 5.41) is 10.7. The molecule has 0 radical (unpaired) electrons. The fourth-order valence-electron chi connectivity index (χ4n) is 5.12. The summed E-state index contributed by atoms with van der Waals surface area (Å²) in [5.41, 5.74) is 1.99. The molecule has 1 aliphatic carbocycles. The van der Waals surface area contributed by atoms with E-state index < -0.39 is 21.7 Å². The lowest BCUT2D eigenvalue weighted by molar-refractivity contribution is -0.150. The average molecular weight is 487 g/mol. The molecule has 2 aromatic rings. The Morgan fingerprint density at radius 1 is 1.21 bits per heavy atom. The van der Waals surface area contributed by atoms with Gasteiger partial charge in [-0.25, -0.2) is 10.0 Å². The summed E-state index contributed by atoms with van der Waals surface area (Å²) in [5.74, 6) is 0.525. The summed E-state index contributed by atoms with van der Waals surface area (Å²) >= 11 is 0. The van der Waals surface area contributed by atoms with Crippen LogP contribution in [0.15, 0.2) is 30.3 Å². The number of H-pyrrole nitrogens is 1. The lowest BCUT2D eigenvalue weighted by Gasteiger charge is -2.53. The van der Waals surface area contributed by atoms with E-state index in [0.717, 1.165) is 42.5 Å². The Balaban J connectivity index is 1.59. The molecule has 186 valence electrons. The van der Waals surface area contributed by atoms with Gasteiger partial charge >= 0.3 is 0 Å². The first kappa shape index (κ1) is 24.8. The Morgan fingerprint density at radius 2 is 1.88 bits per heavy atom. The molecule has 1 aromatic carbocycles. The maximum atomic E-state index is 13.8. The highest BCUT2D eigenvalue weighted by atomic mass is 32.3. The Kier molecular flexibility index (Phi) is 6.59. The molecule has 34 heavy (non-hydrogen) atoms. The van der Waals surface area contributed by atoms with E-state index in [1.54, 1.807) is 0 Å². The van der Waals surface area contributed by atoms with Gasteiger partial charge in [0.25, 0.3) is 5.91 Å². The smallest absolute Gasteiger partial charge is 0.257 e. The zero-order valence-electron chi connectivity index (χ0n) is 21.2. The van der Waals surface area contributed by atoms with Crippen molar-refractivity contribution in [3.05, 3.63) is 47.2 Å². The Morgan fingerprint density at radius 3 is 2.44 bits per heavy atom. The van der Waals surface area contributed by atoms with Crippen LogP contribution in [-0.2, 0) is 26.4 Å². The zero-order valence-corrected chi connectivity index (χ0v) is 22.1. The van der Waals surface area contributed by atoms with Crippen molar-refractivity contribution in [2.75, 3.05) is 30.7 Å². The van der Waals surface area contributed by atoms with Crippen LogP contribution in [-0.4, -0.2) is 57.0 Å². The van der Waals surface area contributed by atoms with Crippen LogP contribution in [0, 0.1) is 0 Å². The zero-order chi connectivity index (χ0) is 24.7. The van der Waals surface area contributed by atoms with Crippen molar-refractivity contribution < 1.29 is 14.3 Å². The minimum atomic E-state index is -1.07. The van der Waals surface area contributed by atoms with E-state index in [-0.39, 0.29) is 16.6 Å². The van der Waals surface area contributed by atoms with E-state index in [1.165, 1.54) is 0 Å². The molecule has 2 heterocycles. The lowest BCUT2D eigenvalue weighted by atomic mass is 9.83. The first-order valence-electron chi connectivity index (χ1n) is 12.1. The first-order chi connectivity index (χ1) is 16.0. The van der Waals surface area contributed by atoms with E-state index in [2.05, 4.69) is 34.3 Å². The topological polar surface area (TPSA) is 87.3 Å². The van der Waals surface area contributed by atoms with E-state index in [0.29, 0.717) is 19.0 Å². The molecule has 1 atom stereocenters. The molecule has 4 rings (SSSR count). The third kappa shape index (κ3) is 4.05. The van der Waals surface area contributed by atoms with Crippen molar-refractivity contribution in [1.82, 2.24) is 15.1 Å². The number of carbonyl (C=O) groups is 2. The standard InChI is InChI=1S/C26H38N4O3S/c1-7-16-33-20(18-12-9-8-10-13-18)23(31)30-17-19-21(25(30,2)3)28-29-22(19)27-24(32)26(14-11-15-26)34(4,5)6/h8-10,12-13,20H,7,11,14-17H2,1-6H3,(H2,27,28,29,32)/t20-/m1/s1. The molecule has 2 aliphatic rings. The predicted molar refractivity (Wildman–Crippen MR) is 138 cm³/mol. The lowest BCUT2D eigenvalue weighted by Crippen LogP contribution is -2.51. The number of carbonyl (C=O) groups excluding carboxylic acids is 2. The number of rotatable bonds is 8. The van der Waals surface area contributed by atoms with Crippen LogP contribution < -0.4 is 5.32 Å². The van der Waals surface area contributed by atoms with Gasteiger partial charge in [0.15, 0.2) is 11.9 Å². The van der Waals surface area contributed by atoms with Gasteiger partial charge in [-0.1, -0.05) is 37.3 Å². The molecule has 7 nitrogen and oxygen atoms in total. The summed E-state index contributed by atoms with van der Waals surface area (Å²) in [6, 6.07) is 9.65. The summed E-state index contributed by atoms with van der Waals surface area (Å²) in [7, 11) is -1.07. The summed E-state index contributed by atoms with van der Waals surface area (Å²) in [6.45, 7) is 6.93. The largest absolute Gasteiger partial charge is 0.364 e. The van der Waals surface area contributed by atoms with Crippen LogP contribution in [0.1, 0.15) is 69.4 Å². The Bertz CT molecular complexity index is 1050. The SMILES string of the molecule is CCCO[C@@H](C(=O)N1Cc2c(NC(=O)C3(S(C)(C)C)CCC3)n[nH]c2C1(C)C)c1ccccc1. The van der Waals surface area contributed by atoms with Crippen LogP contribution in [0.25, 0.3) is 0 Å². The number of nitrogens with zero attached hydrogens (tertiary/aromatic N) is 2. The number of ether oxygens (including phenoxy) is 1. The van der Waals surface area contributed by atoms with Crippen LogP contribution in [0.2, 0.25) is 0 Å². The highest BCUT2D eigenvalue weighted by molar-refractivity contribution is 8.33. The van der Waals surface area contributed by atoms with Gasteiger partial charge in [-0.2, -0.15) is 5.10 Å². The molecule has 1 aliphatic heterocycles. The van der Waals surface area contributed by atoms with Crippen molar-refractivity contribution in [3.63, 3.8) is 0 Å². The molecule has 0 unspecified atom stereocenters. The molecule has 2 N–H and O–H groups in total. The summed E-state index contributed by atoms with van der Waals surface area (Å²) < 4.78 is 5.74. The maximum Gasteiger partial charge on any atom is 0.257 e. The van der Waals surface area contributed by atoms with Gasteiger partial charge in [0.1, 0.15) is 0 Å². The molecule has 0 saturated heterocycles. The first-order valence-corrected chi connectivity index (χ1v) is 14.9. The maximum absolute atomic E-state index is 13.8. The molecule has 0 spiro atoms. The number of amides is 2. The van der Waals surface area contributed by atoms with Gasteiger partial charge in [0.05, 0.1) is 22.5 Å². The highest BCUT2D eigenvalue weighted by Gasteiger charge is 2.51. The quantitative estimate of drug-likeness (QED) is 0.566. The highest BCUT2D eigenvalue weighted by Crippen LogP contribution is 2.60. The molecule has 2 amide bonds. The fraction of sp³-hybridized carbons (Fsp3) is 0.577. The second kappa shape index (κ2) is 9.04. The van der Waals surface area contributed by atoms with Crippen molar-refractivity contribution in [2.45, 2.75) is 69.4 Å². The minimum absolute atomic E-state index is 0.0616. The van der Waals surface area contributed by atoms with Gasteiger partial charge in [-0.3, -0.25) is 14.7 Å². The van der Waals surface area contributed by atoms with Crippen LogP contribution in [0.3, 0.4) is 0 Å². The van der Waals surface area contributed by atoms with E-state index in [1.807, 2.05) is 56.0 Å². The number of fused-ring (bicyclic) bond motifs is 1. The monoisotopic (exact) mass is 486 g/mol. The van der Waals surface area contributed by atoms with Gasteiger partial charge in [0, 0.05) is 12.2 Å². The van der Waals surface area contributed by atoms with Crippen molar-refractivity contribution in [1.29, 1.82) is 0 Å². The Labute approximate surface area is 204 Å². The predicted octanol–water partition coefficient (Wildman–Crippen LogP) is 4.71. The normalized spacial score (nSPS) is 19.8. The van der Waals surface area contributed by atoms with Crippen molar-refractivity contribution >= 4 is 27.7 Å². The number of hydrogen-bond donors (Lipinski definition) is 2. The van der Waals surface area contributed by atoms with Crippen LogP contribution in [0.5, 0.6) is 0 Å². The number of nitrogens with one attached hydrogen (secondary N) is 2. The fourth-order valence-corrected chi connectivity index (χ4v) is 7.25. The number of hydrogen-bond acceptors (Lipinski definition) is 4. The van der Waals surface area contributed by atoms with Gasteiger partial charge in [-0.15, -0.1) is 0 Å². The van der Waals surface area contributed by atoms with E-state index in [9.17, 15) is 9.59 Å². The van der Waals surface area contributed by atoms with E-state index in [4.69, 9.17) is 4.74 Å². The number of aromatic amines is 1.